The van der Waals surface area contributed by atoms with E-state index in [1.165, 1.54) is 12.8 Å². The summed E-state index contributed by atoms with van der Waals surface area (Å²) in [5.41, 5.74) is 0. The number of nitrogens with zero attached hydrogens (tertiary/aromatic N) is 2. The summed E-state index contributed by atoms with van der Waals surface area (Å²) in [6, 6.07) is 0.343. The largest absolute Gasteiger partial charge is 0.319 e. The van der Waals surface area contributed by atoms with Crippen molar-refractivity contribution >= 4 is 10.2 Å². The Morgan fingerprint density at radius 2 is 1.76 bits per heavy atom. The monoisotopic (exact) mass is 318 g/mol. The molecule has 0 saturated carbocycles. The molecule has 7 heteroatoms. The Labute approximate surface area is 129 Å². The quantitative estimate of drug-likeness (QED) is 0.736. The Kier molecular flexibility index (Phi) is 6.43. The van der Waals surface area contributed by atoms with Crippen LogP contribution in [0.25, 0.3) is 0 Å². The molecule has 0 aromatic rings. The number of rotatable bonds is 6. The Morgan fingerprint density at radius 3 is 2.38 bits per heavy atom. The first kappa shape index (κ1) is 17.1. The highest BCUT2D eigenvalue weighted by molar-refractivity contribution is 7.87. The fraction of sp³-hybridized carbons (Fsp3) is 1.00. The van der Waals surface area contributed by atoms with Crippen LogP contribution in [0.2, 0.25) is 0 Å². The zero-order valence-corrected chi connectivity index (χ0v) is 14.2. The molecule has 2 aliphatic heterocycles. The SMILES string of the molecule is CNCC1CCN(S(=O)(=O)NCC2CCCCN2C)CC1. The third-order valence-corrected chi connectivity index (χ3v) is 6.41. The summed E-state index contributed by atoms with van der Waals surface area (Å²) < 4.78 is 29.2. The van der Waals surface area contributed by atoms with Gasteiger partial charge < -0.3 is 10.2 Å². The van der Waals surface area contributed by atoms with Crippen LogP contribution in [0, 0.1) is 5.92 Å². The van der Waals surface area contributed by atoms with Gasteiger partial charge in [0.1, 0.15) is 0 Å². The summed E-state index contributed by atoms with van der Waals surface area (Å²) in [5.74, 6) is 0.603. The molecule has 124 valence electrons. The van der Waals surface area contributed by atoms with Crippen LogP contribution in [0.3, 0.4) is 0 Å². The lowest BCUT2D eigenvalue weighted by Gasteiger charge is -2.34. The summed E-state index contributed by atoms with van der Waals surface area (Å²) >= 11 is 0. The van der Waals surface area contributed by atoms with Crippen LogP contribution in [-0.2, 0) is 10.2 Å². The molecule has 2 N–H and O–H groups in total. The molecule has 0 spiro atoms. The second-order valence-electron chi connectivity index (χ2n) is 6.38. The minimum atomic E-state index is -3.31. The molecular formula is C14H30N4O2S. The highest BCUT2D eigenvalue weighted by atomic mass is 32.2. The molecule has 0 aromatic heterocycles. The molecule has 0 aromatic carbocycles. The molecule has 0 radical (unpaired) electrons. The van der Waals surface area contributed by atoms with E-state index in [0.29, 0.717) is 31.6 Å². The van der Waals surface area contributed by atoms with Crippen molar-refractivity contribution in [3.8, 4) is 0 Å². The predicted octanol–water partition coefficient (Wildman–Crippen LogP) is 0.237. The van der Waals surface area contributed by atoms with Crippen molar-refractivity contribution in [3.05, 3.63) is 0 Å². The van der Waals surface area contributed by atoms with E-state index in [1.807, 2.05) is 7.05 Å². The van der Waals surface area contributed by atoms with Crippen molar-refractivity contribution in [1.82, 2.24) is 19.2 Å². The van der Waals surface area contributed by atoms with Crippen LogP contribution in [0.5, 0.6) is 0 Å². The Balaban J connectivity index is 1.79. The van der Waals surface area contributed by atoms with Crippen LogP contribution in [-0.4, -0.2) is 70.5 Å². The van der Waals surface area contributed by atoms with Gasteiger partial charge in [-0.2, -0.15) is 12.7 Å². The number of hydrogen-bond donors (Lipinski definition) is 2. The third kappa shape index (κ3) is 4.89. The van der Waals surface area contributed by atoms with Gasteiger partial charge in [-0.05, 0) is 58.8 Å². The third-order valence-electron chi connectivity index (χ3n) is 4.83. The lowest BCUT2D eigenvalue weighted by atomic mass is 9.98. The molecule has 6 nitrogen and oxygen atoms in total. The maximum absolute atomic E-state index is 12.4. The minimum absolute atomic E-state index is 0.343. The van der Waals surface area contributed by atoms with Gasteiger partial charge in [0.2, 0.25) is 0 Å². The summed E-state index contributed by atoms with van der Waals surface area (Å²) in [6.07, 6.45) is 5.41. The maximum Gasteiger partial charge on any atom is 0.279 e. The molecule has 2 aliphatic rings. The van der Waals surface area contributed by atoms with Gasteiger partial charge in [0.15, 0.2) is 0 Å². The topological polar surface area (TPSA) is 64.7 Å². The Morgan fingerprint density at radius 1 is 1.05 bits per heavy atom. The normalized spacial score (nSPS) is 27.0. The van der Waals surface area contributed by atoms with Gasteiger partial charge in [-0.25, -0.2) is 4.72 Å². The molecule has 21 heavy (non-hydrogen) atoms. The molecule has 0 aliphatic carbocycles. The molecule has 1 unspecified atom stereocenters. The van der Waals surface area contributed by atoms with Gasteiger partial charge in [0, 0.05) is 25.7 Å². The van der Waals surface area contributed by atoms with Crippen molar-refractivity contribution in [2.24, 2.45) is 5.92 Å². The van der Waals surface area contributed by atoms with Crippen LogP contribution >= 0.6 is 0 Å². The molecule has 0 bridgehead atoms. The van der Waals surface area contributed by atoms with Crippen LogP contribution in [0.1, 0.15) is 32.1 Å². The van der Waals surface area contributed by atoms with Gasteiger partial charge in [-0.3, -0.25) is 0 Å². The van der Waals surface area contributed by atoms with Crippen molar-refractivity contribution in [2.75, 3.05) is 46.8 Å². The van der Waals surface area contributed by atoms with Gasteiger partial charge in [0.25, 0.3) is 10.2 Å². The van der Waals surface area contributed by atoms with E-state index < -0.39 is 10.2 Å². The van der Waals surface area contributed by atoms with Crippen molar-refractivity contribution in [2.45, 2.75) is 38.1 Å². The number of piperidine rings is 2. The maximum atomic E-state index is 12.4. The van der Waals surface area contributed by atoms with Crippen LogP contribution in [0.15, 0.2) is 0 Å². The summed E-state index contributed by atoms with van der Waals surface area (Å²) in [5, 5.41) is 3.17. The van der Waals surface area contributed by atoms with E-state index in [4.69, 9.17) is 0 Å². The summed E-state index contributed by atoms with van der Waals surface area (Å²) in [6.45, 7) is 3.87. The number of likely N-dealkylation sites (N-methyl/N-ethyl adjacent to an activating group) is 1. The first-order chi connectivity index (χ1) is 10.0. The van der Waals surface area contributed by atoms with E-state index in [9.17, 15) is 8.42 Å². The molecule has 2 fully saturated rings. The minimum Gasteiger partial charge on any atom is -0.319 e. The van der Waals surface area contributed by atoms with Crippen molar-refractivity contribution < 1.29 is 8.42 Å². The molecular weight excluding hydrogens is 288 g/mol. The lowest BCUT2D eigenvalue weighted by Crippen LogP contribution is -2.50. The van der Waals surface area contributed by atoms with Gasteiger partial charge in [0.05, 0.1) is 0 Å². The Bertz CT molecular complexity index is 407. The smallest absolute Gasteiger partial charge is 0.279 e. The summed E-state index contributed by atoms with van der Waals surface area (Å²) in [4.78, 5) is 2.27. The fourth-order valence-corrected chi connectivity index (χ4v) is 4.61. The number of nitrogens with one attached hydrogen (secondary N) is 2. The van der Waals surface area contributed by atoms with Gasteiger partial charge >= 0.3 is 0 Å². The zero-order chi connectivity index (χ0) is 15.3. The standard InChI is InChI=1S/C14H30N4O2S/c1-15-11-13-6-9-18(10-7-13)21(19,20)16-12-14-5-3-4-8-17(14)2/h13-16H,3-12H2,1-2H3. The number of likely N-dealkylation sites (tertiary alicyclic amines) is 1. The van der Waals surface area contributed by atoms with E-state index in [0.717, 1.165) is 32.4 Å². The molecule has 2 rings (SSSR count). The average molecular weight is 318 g/mol. The van der Waals surface area contributed by atoms with E-state index in [1.54, 1.807) is 4.31 Å². The van der Waals surface area contributed by atoms with Gasteiger partial charge in [-0.1, -0.05) is 6.42 Å². The molecule has 2 heterocycles. The van der Waals surface area contributed by atoms with Crippen molar-refractivity contribution in [3.63, 3.8) is 0 Å². The predicted molar refractivity (Wildman–Crippen MR) is 85.4 cm³/mol. The molecule has 1 atom stereocenters. The highest BCUT2D eigenvalue weighted by Crippen LogP contribution is 2.19. The van der Waals surface area contributed by atoms with Gasteiger partial charge in [-0.15, -0.1) is 0 Å². The number of hydrogen-bond acceptors (Lipinski definition) is 4. The van der Waals surface area contributed by atoms with E-state index in [2.05, 4.69) is 22.0 Å². The Hall–Kier alpha value is -0.210. The fourth-order valence-electron chi connectivity index (χ4n) is 3.34. The summed E-state index contributed by atoms with van der Waals surface area (Å²) in [7, 11) is 0.726. The average Bonchev–Trinajstić information content (AvgIpc) is 2.47. The van der Waals surface area contributed by atoms with Crippen LogP contribution in [0.4, 0.5) is 0 Å². The first-order valence-corrected chi connectivity index (χ1v) is 9.56. The molecule has 0 amide bonds. The van der Waals surface area contributed by atoms with Crippen molar-refractivity contribution in [1.29, 1.82) is 0 Å². The highest BCUT2D eigenvalue weighted by Gasteiger charge is 2.29. The van der Waals surface area contributed by atoms with E-state index in [-0.39, 0.29) is 0 Å². The first-order valence-electron chi connectivity index (χ1n) is 8.12. The second-order valence-corrected chi connectivity index (χ2v) is 8.14. The van der Waals surface area contributed by atoms with E-state index >= 15 is 0 Å². The van der Waals surface area contributed by atoms with Crippen LogP contribution < -0.4 is 10.0 Å². The lowest BCUT2D eigenvalue weighted by molar-refractivity contribution is 0.186. The zero-order valence-electron chi connectivity index (χ0n) is 13.3. The second kappa shape index (κ2) is 7.87. The molecule has 2 saturated heterocycles.